The van der Waals surface area contributed by atoms with Crippen LogP contribution in [-0.4, -0.2) is 33.6 Å². The highest BCUT2D eigenvalue weighted by Crippen LogP contribution is 2.17. The molecule has 112 valence electrons. The van der Waals surface area contributed by atoms with E-state index < -0.39 is 0 Å². The summed E-state index contributed by atoms with van der Waals surface area (Å²) in [5.41, 5.74) is 3.04. The maximum absolute atomic E-state index is 8.71. The molecule has 1 aromatic carbocycles. The van der Waals surface area contributed by atoms with E-state index in [1.165, 1.54) is 4.88 Å². The van der Waals surface area contributed by atoms with Crippen molar-refractivity contribution in [3.63, 3.8) is 0 Å². The highest BCUT2D eigenvalue weighted by Gasteiger charge is 2.07. The predicted octanol–water partition coefficient (Wildman–Crippen LogP) is 2.60. The van der Waals surface area contributed by atoms with Crippen LogP contribution in [-0.2, 0) is 13.1 Å². The monoisotopic (exact) mass is 311 g/mol. The van der Waals surface area contributed by atoms with Crippen LogP contribution in [0.15, 0.2) is 35.7 Å². The van der Waals surface area contributed by atoms with E-state index in [1.807, 2.05) is 29.6 Å². The number of thiophene rings is 1. The lowest BCUT2D eigenvalue weighted by molar-refractivity contribution is 0.315. The smallest absolute Gasteiger partial charge is 0.121 e. The summed E-state index contributed by atoms with van der Waals surface area (Å²) in [5, 5.41) is 10.7. The van der Waals surface area contributed by atoms with Gasteiger partial charge in [0, 0.05) is 22.4 Å². The Morgan fingerprint density at radius 3 is 3.00 bits per heavy atom. The third kappa shape index (κ3) is 3.55. The molecule has 0 radical (unpaired) electrons. The van der Waals surface area contributed by atoms with Crippen LogP contribution in [0.1, 0.15) is 16.3 Å². The summed E-state index contributed by atoms with van der Waals surface area (Å²) in [6, 6.07) is 10.1. The fraction of sp³-hybridized carbons (Fsp3) is 0.235. The van der Waals surface area contributed by atoms with Gasteiger partial charge in [0.15, 0.2) is 0 Å². The molecule has 2 aromatic heterocycles. The van der Waals surface area contributed by atoms with Crippen molar-refractivity contribution >= 4 is 22.4 Å². The van der Waals surface area contributed by atoms with Crippen molar-refractivity contribution < 1.29 is 5.11 Å². The van der Waals surface area contributed by atoms with E-state index in [0.717, 1.165) is 35.5 Å². The number of imidazole rings is 1. The summed E-state index contributed by atoms with van der Waals surface area (Å²) in [4.78, 5) is 11.4. The molecule has 0 aliphatic heterocycles. The molecule has 2 heterocycles. The fourth-order valence-corrected chi connectivity index (χ4v) is 3.22. The fourth-order valence-electron chi connectivity index (χ4n) is 2.33. The molecule has 5 heteroatoms. The molecule has 22 heavy (non-hydrogen) atoms. The molecule has 0 spiro atoms. The quantitative estimate of drug-likeness (QED) is 0.728. The second-order valence-corrected chi connectivity index (χ2v) is 6.13. The molecule has 0 bridgehead atoms. The largest absolute Gasteiger partial charge is 0.384 e. The van der Waals surface area contributed by atoms with Crippen LogP contribution < -0.4 is 0 Å². The average Bonchev–Trinajstić information content (AvgIpc) is 3.10. The second kappa shape index (κ2) is 6.75. The lowest BCUT2D eigenvalue weighted by Gasteiger charge is -2.13. The van der Waals surface area contributed by atoms with Crippen molar-refractivity contribution in [1.29, 1.82) is 0 Å². The number of para-hydroxylation sites is 2. The summed E-state index contributed by atoms with van der Waals surface area (Å²) in [6.07, 6.45) is 0. The van der Waals surface area contributed by atoms with Crippen molar-refractivity contribution in [2.75, 3.05) is 13.7 Å². The number of aromatic amines is 1. The maximum Gasteiger partial charge on any atom is 0.121 e. The number of rotatable bonds is 4. The van der Waals surface area contributed by atoms with Gasteiger partial charge in [-0.2, -0.15) is 0 Å². The van der Waals surface area contributed by atoms with Gasteiger partial charge in [0.1, 0.15) is 12.4 Å². The lowest BCUT2D eigenvalue weighted by atomic mass is 10.3. The Kier molecular flexibility index (Phi) is 4.54. The van der Waals surface area contributed by atoms with Gasteiger partial charge in [0.25, 0.3) is 0 Å². The van der Waals surface area contributed by atoms with E-state index in [4.69, 9.17) is 5.11 Å². The minimum absolute atomic E-state index is 0.100. The summed E-state index contributed by atoms with van der Waals surface area (Å²) in [6.45, 7) is 1.52. The molecule has 2 N–H and O–H groups in total. The zero-order valence-electron chi connectivity index (χ0n) is 12.3. The topological polar surface area (TPSA) is 52.2 Å². The number of hydrogen-bond donors (Lipinski definition) is 2. The number of fused-ring (bicyclic) bond motifs is 1. The Balaban J connectivity index is 1.64. The van der Waals surface area contributed by atoms with Gasteiger partial charge >= 0.3 is 0 Å². The van der Waals surface area contributed by atoms with Gasteiger partial charge in [-0.1, -0.05) is 24.0 Å². The van der Waals surface area contributed by atoms with E-state index in [-0.39, 0.29) is 6.61 Å². The van der Waals surface area contributed by atoms with Crippen LogP contribution in [0.4, 0.5) is 0 Å². The zero-order valence-corrected chi connectivity index (χ0v) is 13.2. The zero-order chi connectivity index (χ0) is 15.4. The van der Waals surface area contributed by atoms with Crippen LogP contribution in [0.25, 0.3) is 11.0 Å². The first-order chi connectivity index (χ1) is 10.7. The molecular formula is C17H17N3OS. The van der Waals surface area contributed by atoms with Crippen molar-refractivity contribution in [1.82, 2.24) is 14.9 Å². The predicted molar refractivity (Wildman–Crippen MR) is 89.5 cm³/mol. The summed E-state index contributed by atoms with van der Waals surface area (Å²) in [5.74, 6) is 6.57. The minimum atomic E-state index is -0.100. The maximum atomic E-state index is 8.71. The molecular weight excluding hydrogens is 294 g/mol. The lowest BCUT2D eigenvalue weighted by Crippen LogP contribution is -2.17. The van der Waals surface area contributed by atoms with Gasteiger partial charge in [-0.05, 0) is 25.2 Å². The Bertz CT molecular complexity index is 792. The van der Waals surface area contributed by atoms with E-state index in [0.29, 0.717) is 0 Å². The summed E-state index contributed by atoms with van der Waals surface area (Å²) >= 11 is 1.69. The first-order valence-electron chi connectivity index (χ1n) is 7.04. The third-order valence-electron chi connectivity index (χ3n) is 3.25. The first kappa shape index (κ1) is 14.8. The molecule has 0 fully saturated rings. The molecule has 3 rings (SSSR count). The molecule has 0 saturated carbocycles. The van der Waals surface area contributed by atoms with Crippen LogP contribution in [0.3, 0.4) is 0 Å². The van der Waals surface area contributed by atoms with Gasteiger partial charge in [0.2, 0.25) is 0 Å². The molecule has 4 nitrogen and oxygen atoms in total. The van der Waals surface area contributed by atoms with Crippen molar-refractivity contribution in [2.45, 2.75) is 13.1 Å². The number of hydrogen-bond acceptors (Lipinski definition) is 4. The Hall–Kier alpha value is -2.13. The number of benzene rings is 1. The summed E-state index contributed by atoms with van der Waals surface area (Å²) < 4.78 is 0. The van der Waals surface area contributed by atoms with Crippen molar-refractivity contribution in [3.8, 4) is 11.8 Å². The first-order valence-corrected chi connectivity index (χ1v) is 7.92. The van der Waals surface area contributed by atoms with Gasteiger partial charge in [-0.15, -0.1) is 11.3 Å². The second-order valence-electron chi connectivity index (χ2n) is 5.13. The molecule has 0 amide bonds. The molecule has 3 aromatic rings. The van der Waals surface area contributed by atoms with E-state index >= 15 is 0 Å². The van der Waals surface area contributed by atoms with Crippen LogP contribution >= 0.6 is 11.3 Å². The van der Waals surface area contributed by atoms with E-state index in [9.17, 15) is 0 Å². The van der Waals surface area contributed by atoms with Crippen molar-refractivity contribution in [3.05, 3.63) is 52.0 Å². The van der Waals surface area contributed by atoms with Gasteiger partial charge in [0.05, 0.1) is 17.6 Å². The molecule has 0 saturated heterocycles. The number of aliphatic hydroxyl groups is 1. The number of nitrogens with one attached hydrogen (secondary N) is 1. The van der Waals surface area contributed by atoms with Crippen LogP contribution in [0, 0.1) is 11.8 Å². The SMILES string of the molecule is CN(Cc1nc2ccccc2[nH]1)Cc1cc(C#CCO)cs1. The standard InChI is InChI=1S/C17H17N3OS/c1-20(10-14-9-13(12-22-14)5-4-8-21)11-17-18-15-6-2-3-7-16(15)19-17/h2-3,6-7,9,12,21H,8,10-11H2,1H3,(H,18,19). The molecule has 0 atom stereocenters. The Morgan fingerprint density at radius 1 is 1.32 bits per heavy atom. The minimum Gasteiger partial charge on any atom is -0.384 e. The van der Waals surface area contributed by atoms with Gasteiger partial charge in [-0.25, -0.2) is 4.98 Å². The normalized spacial score (nSPS) is 10.9. The van der Waals surface area contributed by atoms with E-state index in [1.54, 1.807) is 11.3 Å². The Morgan fingerprint density at radius 2 is 2.18 bits per heavy atom. The summed E-state index contributed by atoms with van der Waals surface area (Å²) in [7, 11) is 2.08. The third-order valence-corrected chi connectivity index (χ3v) is 4.17. The number of nitrogens with zero attached hydrogens (tertiary/aromatic N) is 2. The van der Waals surface area contributed by atoms with Crippen LogP contribution in [0.5, 0.6) is 0 Å². The van der Waals surface area contributed by atoms with E-state index in [2.05, 4.69) is 39.8 Å². The highest BCUT2D eigenvalue weighted by molar-refractivity contribution is 7.10. The van der Waals surface area contributed by atoms with Gasteiger partial charge < -0.3 is 10.1 Å². The van der Waals surface area contributed by atoms with Crippen LogP contribution in [0.2, 0.25) is 0 Å². The van der Waals surface area contributed by atoms with Crippen molar-refractivity contribution in [2.24, 2.45) is 0 Å². The number of aromatic nitrogens is 2. The Labute approximate surface area is 133 Å². The molecule has 0 aliphatic rings. The number of H-pyrrole nitrogens is 1. The van der Waals surface area contributed by atoms with Gasteiger partial charge in [-0.3, -0.25) is 4.90 Å². The average molecular weight is 311 g/mol. The highest BCUT2D eigenvalue weighted by atomic mass is 32.1. The molecule has 0 aliphatic carbocycles. The molecule has 0 unspecified atom stereocenters. The number of aliphatic hydroxyl groups excluding tert-OH is 1.